The van der Waals surface area contributed by atoms with Gasteiger partial charge in [-0.2, -0.15) is 0 Å². The van der Waals surface area contributed by atoms with Crippen molar-refractivity contribution in [1.82, 2.24) is 15.0 Å². The zero-order valence-electron chi connectivity index (χ0n) is 8.84. The standard InChI is InChI=1S/C12H11N3O/c1-2-5-11-14-10(8-16)12(15-11)9-6-3-4-7-13-9/h2-8H,1H3,(H,14,15)/b5-2-. The molecule has 2 aromatic heterocycles. The molecule has 0 fully saturated rings. The molecule has 0 radical (unpaired) electrons. The second-order valence-electron chi connectivity index (χ2n) is 3.22. The van der Waals surface area contributed by atoms with E-state index < -0.39 is 0 Å². The van der Waals surface area contributed by atoms with Gasteiger partial charge in [0, 0.05) is 6.20 Å². The maximum atomic E-state index is 10.9. The minimum Gasteiger partial charge on any atom is -0.336 e. The molecule has 2 aromatic rings. The topological polar surface area (TPSA) is 58.6 Å². The number of hydrogen-bond acceptors (Lipinski definition) is 3. The number of imidazole rings is 1. The summed E-state index contributed by atoms with van der Waals surface area (Å²) in [4.78, 5) is 22.3. The molecule has 16 heavy (non-hydrogen) atoms. The Balaban J connectivity index is 2.51. The number of aldehydes is 1. The van der Waals surface area contributed by atoms with Gasteiger partial charge < -0.3 is 4.98 Å². The minimum atomic E-state index is 0.451. The van der Waals surface area contributed by atoms with E-state index in [0.29, 0.717) is 22.9 Å². The zero-order chi connectivity index (χ0) is 11.4. The van der Waals surface area contributed by atoms with Gasteiger partial charge in [-0.1, -0.05) is 12.1 Å². The van der Waals surface area contributed by atoms with Crippen molar-refractivity contribution in [2.75, 3.05) is 0 Å². The highest BCUT2D eigenvalue weighted by molar-refractivity contribution is 5.83. The van der Waals surface area contributed by atoms with Gasteiger partial charge in [-0.3, -0.25) is 9.78 Å². The Bertz CT molecular complexity index is 514. The number of allylic oxidation sites excluding steroid dienone is 1. The number of hydrogen-bond donors (Lipinski definition) is 1. The summed E-state index contributed by atoms with van der Waals surface area (Å²) in [6, 6.07) is 5.51. The number of H-pyrrole nitrogens is 1. The summed E-state index contributed by atoms with van der Waals surface area (Å²) in [6.45, 7) is 1.89. The first kappa shape index (κ1) is 10.3. The van der Waals surface area contributed by atoms with E-state index in [1.54, 1.807) is 12.3 Å². The second-order valence-corrected chi connectivity index (χ2v) is 3.22. The van der Waals surface area contributed by atoms with Crippen LogP contribution in [0.15, 0.2) is 30.5 Å². The molecule has 0 saturated heterocycles. The van der Waals surface area contributed by atoms with Crippen molar-refractivity contribution in [2.24, 2.45) is 0 Å². The van der Waals surface area contributed by atoms with Crippen molar-refractivity contribution >= 4 is 12.4 Å². The third-order valence-corrected chi connectivity index (χ3v) is 2.10. The normalized spacial score (nSPS) is 10.8. The average Bonchev–Trinajstić information content (AvgIpc) is 2.74. The van der Waals surface area contributed by atoms with Crippen LogP contribution in [-0.2, 0) is 0 Å². The molecule has 0 aliphatic heterocycles. The average molecular weight is 213 g/mol. The molecule has 0 aliphatic carbocycles. The van der Waals surface area contributed by atoms with Crippen molar-refractivity contribution in [2.45, 2.75) is 6.92 Å². The molecule has 0 unspecified atom stereocenters. The Kier molecular flexibility index (Phi) is 2.91. The van der Waals surface area contributed by atoms with E-state index in [1.165, 1.54) is 0 Å². The summed E-state index contributed by atoms with van der Waals surface area (Å²) in [7, 11) is 0. The molecule has 2 rings (SSSR count). The molecule has 4 heteroatoms. The van der Waals surface area contributed by atoms with Gasteiger partial charge >= 0.3 is 0 Å². The van der Waals surface area contributed by atoms with E-state index in [4.69, 9.17) is 0 Å². The Hall–Kier alpha value is -2.23. The lowest BCUT2D eigenvalue weighted by atomic mass is 10.2. The van der Waals surface area contributed by atoms with Crippen LogP contribution in [0.5, 0.6) is 0 Å². The fraction of sp³-hybridized carbons (Fsp3) is 0.0833. The maximum absolute atomic E-state index is 10.9. The van der Waals surface area contributed by atoms with Crippen LogP contribution in [0.1, 0.15) is 23.2 Å². The van der Waals surface area contributed by atoms with Gasteiger partial charge in [0.1, 0.15) is 17.2 Å². The van der Waals surface area contributed by atoms with Gasteiger partial charge in [0.15, 0.2) is 6.29 Å². The van der Waals surface area contributed by atoms with Crippen LogP contribution in [0, 0.1) is 0 Å². The van der Waals surface area contributed by atoms with Crippen LogP contribution < -0.4 is 0 Å². The fourth-order valence-electron chi connectivity index (χ4n) is 1.43. The molecule has 0 spiro atoms. The number of carbonyl (C=O) groups excluding carboxylic acids is 1. The van der Waals surface area contributed by atoms with Crippen molar-refractivity contribution in [3.63, 3.8) is 0 Å². The molecule has 0 aromatic carbocycles. The van der Waals surface area contributed by atoms with Gasteiger partial charge in [0.25, 0.3) is 0 Å². The van der Waals surface area contributed by atoms with Gasteiger partial charge in [-0.25, -0.2) is 4.98 Å². The quantitative estimate of drug-likeness (QED) is 0.796. The minimum absolute atomic E-state index is 0.451. The molecule has 0 aliphatic rings. The number of nitrogens with one attached hydrogen (secondary N) is 1. The summed E-state index contributed by atoms with van der Waals surface area (Å²) in [5.41, 5.74) is 1.73. The lowest BCUT2D eigenvalue weighted by molar-refractivity contribution is 0.112. The Morgan fingerprint density at radius 1 is 1.38 bits per heavy atom. The van der Waals surface area contributed by atoms with E-state index in [1.807, 2.05) is 31.2 Å². The highest BCUT2D eigenvalue weighted by Gasteiger charge is 2.10. The van der Waals surface area contributed by atoms with E-state index in [9.17, 15) is 4.79 Å². The van der Waals surface area contributed by atoms with E-state index in [-0.39, 0.29) is 0 Å². The first-order chi connectivity index (χ1) is 7.85. The predicted octanol–water partition coefficient (Wildman–Crippen LogP) is 2.32. The number of rotatable bonds is 3. The summed E-state index contributed by atoms with van der Waals surface area (Å²) in [5, 5.41) is 0. The van der Waals surface area contributed by atoms with E-state index in [0.717, 1.165) is 6.29 Å². The van der Waals surface area contributed by atoms with Crippen molar-refractivity contribution in [1.29, 1.82) is 0 Å². The Labute approximate surface area is 93.1 Å². The van der Waals surface area contributed by atoms with Crippen LogP contribution in [0.3, 0.4) is 0 Å². The number of nitrogens with zero attached hydrogens (tertiary/aromatic N) is 2. The molecule has 80 valence electrons. The van der Waals surface area contributed by atoms with Crippen LogP contribution in [0.4, 0.5) is 0 Å². The lowest BCUT2D eigenvalue weighted by Gasteiger charge is -1.94. The van der Waals surface area contributed by atoms with Gasteiger partial charge in [0.05, 0.1) is 5.69 Å². The lowest BCUT2D eigenvalue weighted by Crippen LogP contribution is -1.87. The van der Waals surface area contributed by atoms with E-state index >= 15 is 0 Å². The zero-order valence-corrected chi connectivity index (χ0v) is 8.84. The highest BCUT2D eigenvalue weighted by atomic mass is 16.1. The van der Waals surface area contributed by atoms with Crippen molar-refractivity contribution in [3.8, 4) is 11.4 Å². The van der Waals surface area contributed by atoms with Crippen LogP contribution in [-0.4, -0.2) is 21.2 Å². The Morgan fingerprint density at radius 2 is 2.25 bits per heavy atom. The summed E-state index contributed by atoms with van der Waals surface area (Å²) in [6.07, 6.45) is 6.09. The van der Waals surface area contributed by atoms with Gasteiger partial charge in [-0.15, -0.1) is 0 Å². The molecular formula is C12H11N3O. The first-order valence-corrected chi connectivity index (χ1v) is 4.94. The predicted molar refractivity (Wildman–Crippen MR) is 61.9 cm³/mol. The van der Waals surface area contributed by atoms with Crippen LogP contribution >= 0.6 is 0 Å². The molecule has 0 atom stereocenters. The van der Waals surface area contributed by atoms with Crippen LogP contribution in [0.25, 0.3) is 17.5 Å². The summed E-state index contributed by atoms with van der Waals surface area (Å²) in [5.74, 6) is 0.658. The monoisotopic (exact) mass is 213 g/mol. The van der Waals surface area contributed by atoms with Crippen molar-refractivity contribution < 1.29 is 4.79 Å². The maximum Gasteiger partial charge on any atom is 0.168 e. The number of pyridine rings is 1. The summed E-state index contributed by atoms with van der Waals surface area (Å²) >= 11 is 0. The molecular weight excluding hydrogens is 202 g/mol. The van der Waals surface area contributed by atoms with Crippen molar-refractivity contribution in [3.05, 3.63) is 42.0 Å². The molecule has 1 N–H and O–H groups in total. The highest BCUT2D eigenvalue weighted by Crippen LogP contribution is 2.18. The molecule has 4 nitrogen and oxygen atoms in total. The smallest absolute Gasteiger partial charge is 0.168 e. The SMILES string of the molecule is C/C=C\c1nc(-c2ccccn2)c(C=O)[nH]1. The first-order valence-electron chi connectivity index (χ1n) is 4.94. The van der Waals surface area contributed by atoms with E-state index in [2.05, 4.69) is 15.0 Å². The van der Waals surface area contributed by atoms with Crippen LogP contribution in [0.2, 0.25) is 0 Å². The van der Waals surface area contributed by atoms with Gasteiger partial charge in [0.2, 0.25) is 0 Å². The summed E-state index contributed by atoms with van der Waals surface area (Å²) < 4.78 is 0. The molecule has 0 saturated carbocycles. The van der Waals surface area contributed by atoms with Gasteiger partial charge in [-0.05, 0) is 25.1 Å². The molecule has 0 bridgehead atoms. The third kappa shape index (κ3) is 1.91. The second kappa shape index (κ2) is 4.53. The number of aromatic nitrogens is 3. The molecule has 0 amide bonds. The fourth-order valence-corrected chi connectivity index (χ4v) is 1.43. The number of carbonyl (C=O) groups is 1. The molecule has 2 heterocycles. The third-order valence-electron chi connectivity index (χ3n) is 2.10. The Morgan fingerprint density at radius 3 is 2.88 bits per heavy atom. The largest absolute Gasteiger partial charge is 0.336 e. The number of aromatic amines is 1.